The van der Waals surface area contributed by atoms with Gasteiger partial charge in [-0.2, -0.15) is 0 Å². The highest BCUT2D eigenvalue weighted by Gasteiger charge is 2.39. The van der Waals surface area contributed by atoms with Crippen LogP contribution >= 0.6 is 0 Å². The molecule has 0 radical (unpaired) electrons. The van der Waals surface area contributed by atoms with Crippen molar-refractivity contribution in [2.45, 2.75) is 52.5 Å². The van der Waals surface area contributed by atoms with Crippen molar-refractivity contribution in [2.24, 2.45) is 17.2 Å². The number of rotatable bonds is 3. The minimum Gasteiger partial charge on any atom is -0.459 e. The summed E-state index contributed by atoms with van der Waals surface area (Å²) in [6.45, 7) is 6.82. The van der Waals surface area contributed by atoms with Crippen LogP contribution in [0.15, 0.2) is 28.7 Å². The number of aryl methyl sites for hydroxylation is 1. The molecule has 2 unspecified atom stereocenters. The Labute approximate surface area is 126 Å². The van der Waals surface area contributed by atoms with Gasteiger partial charge < -0.3 is 4.42 Å². The molecule has 1 aliphatic carbocycles. The van der Waals surface area contributed by atoms with E-state index in [1.165, 1.54) is 36.6 Å². The Kier molecular flexibility index (Phi) is 3.80. The van der Waals surface area contributed by atoms with Gasteiger partial charge in [0, 0.05) is 5.39 Å². The van der Waals surface area contributed by atoms with Crippen LogP contribution in [0.1, 0.15) is 56.9 Å². The Bertz CT molecular complexity index is 629. The molecule has 1 aromatic carbocycles. The molecule has 0 spiro atoms. The third kappa shape index (κ3) is 2.72. The van der Waals surface area contributed by atoms with E-state index >= 15 is 0 Å². The van der Waals surface area contributed by atoms with E-state index in [2.05, 4.69) is 44.4 Å². The lowest BCUT2D eigenvalue weighted by Gasteiger charge is -2.42. The van der Waals surface area contributed by atoms with Gasteiger partial charge in [-0.1, -0.05) is 38.3 Å². The lowest BCUT2D eigenvalue weighted by molar-refractivity contribution is 0.0901. The Balaban J connectivity index is 1.97. The molecule has 3 nitrogen and oxygen atoms in total. The predicted octanol–water partition coefficient (Wildman–Crippen LogP) is 4.46. The second-order valence-electron chi connectivity index (χ2n) is 7.18. The fourth-order valence-electron chi connectivity index (χ4n) is 3.87. The van der Waals surface area contributed by atoms with Crippen LogP contribution in [0.3, 0.4) is 0 Å². The first-order valence-corrected chi connectivity index (χ1v) is 7.97. The van der Waals surface area contributed by atoms with Crippen molar-refractivity contribution in [1.82, 2.24) is 5.43 Å². The number of nitrogens with two attached hydrogens (primary N) is 1. The van der Waals surface area contributed by atoms with E-state index in [1.807, 2.05) is 6.07 Å². The van der Waals surface area contributed by atoms with Crippen LogP contribution in [-0.2, 0) is 0 Å². The zero-order valence-corrected chi connectivity index (χ0v) is 13.3. The SMILES string of the molecule is Cc1ccc2oc(C(NN)C3CCCCC3(C)C)cc2c1. The highest BCUT2D eigenvalue weighted by molar-refractivity contribution is 5.78. The van der Waals surface area contributed by atoms with Gasteiger partial charge in [0.05, 0.1) is 6.04 Å². The Morgan fingerprint density at radius 3 is 2.81 bits per heavy atom. The topological polar surface area (TPSA) is 51.2 Å². The van der Waals surface area contributed by atoms with Crippen LogP contribution in [0.25, 0.3) is 11.0 Å². The molecule has 0 saturated heterocycles. The normalized spacial score (nSPS) is 23.3. The third-order valence-corrected chi connectivity index (χ3v) is 5.17. The first-order chi connectivity index (χ1) is 10.0. The van der Waals surface area contributed by atoms with Crippen LogP contribution in [0.2, 0.25) is 0 Å². The van der Waals surface area contributed by atoms with Crippen LogP contribution in [-0.4, -0.2) is 0 Å². The summed E-state index contributed by atoms with van der Waals surface area (Å²) in [5, 5.41) is 1.17. The number of nitrogens with one attached hydrogen (secondary N) is 1. The van der Waals surface area contributed by atoms with E-state index in [1.54, 1.807) is 0 Å². The van der Waals surface area contributed by atoms with Crippen molar-refractivity contribution >= 4 is 11.0 Å². The Hall–Kier alpha value is -1.32. The van der Waals surface area contributed by atoms with Crippen molar-refractivity contribution < 1.29 is 4.42 Å². The molecule has 21 heavy (non-hydrogen) atoms. The molecule has 2 atom stereocenters. The summed E-state index contributed by atoms with van der Waals surface area (Å²) in [7, 11) is 0. The van der Waals surface area contributed by atoms with Gasteiger partial charge in [0.15, 0.2) is 0 Å². The summed E-state index contributed by atoms with van der Waals surface area (Å²) in [5.74, 6) is 7.38. The summed E-state index contributed by atoms with van der Waals surface area (Å²) in [4.78, 5) is 0. The molecule has 1 aromatic heterocycles. The number of fused-ring (bicyclic) bond motifs is 1. The van der Waals surface area contributed by atoms with Gasteiger partial charge in [-0.3, -0.25) is 5.84 Å². The first kappa shape index (κ1) is 14.6. The van der Waals surface area contributed by atoms with E-state index < -0.39 is 0 Å². The third-order valence-electron chi connectivity index (χ3n) is 5.17. The first-order valence-electron chi connectivity index (χ1n) is 7.97. The molecular formula is C18H26N2O. The van der Waals surface area contributed by atoms with Crippen LogP contribution in [0, 0.1) is 18.3 Å². The summed E-state index contributed by atoms with van der Waals surface area (Å²) < 4.78 is 6.08. The lowest BCUT2D eigenvalue weighted by Crippen LogP contribution is -2.41. The van der Waals surface area contributed by atoms with Crippen LogP contribution < -0.4 is 11.3 Å². The minimum absolute atomic E-state index is 0.0907. The van der Waals surface area contributed by atoms with Gasteiger partial charge in [0.1, 0.15) is 11.3 Å². The molecule has 0 amide bonds. The maximum absolute atomic E-state index is 6.08. The molecule has 1 fully saturated rings. The molecular weight excluding hydrogens is 260 g/mol. The van der Waals surface area contributed by atoms with Crippen molar-refractivity contribution in [3.63, 3.8) is 0 Å². The quantitative estimate of drug-likeness (QED) is 0.647. The largest absolute Gasteiger partial charge is 0.459 e. The van der Waals surface area contributed by atoms with E-state index in [0.29, 0.717) is 11.3 Å². The van der Waals surface area contributed by atoms with Crippen LogP contribution in [0.5, 0.6) is 0 Å². The van der Waals surface area contributed by atoms with E-state index in [9.17, 15) is 0 Å². The fraction of sp³-hybridized carbons (Fsp3) is 0.556. The molecule has 1 heterocycles. The number of hydrogen-bond acceptors (Lipinski definition) is 3. The average molecular weight is 286 g/mol. The highest BCUT2D eigenvalue weighted by atomic mass is 16.3. The van der Waals surface area contributed by atoms with Crippen LogP contribution in [0.4, 0.5) is 0 Å². The van der Waals surface area contributed by atoms with E-state index in [-0.39, 0.29) is 6.04 Å². The molecule has 2 aromatic rings. The smallest absolute Gasteiger partial charge is 0.134 e. The number of furan rings is 1. The predicted molar refractivity (Wildman–Crippen MR) is 86.8 cm³/mol. The summed E-state index contributed by atoms with van der Waals surface area (Å²) in [6, 6.07) is 8.55. The minimum atomic E-state index is 0.0907. The monoisotopic (exact) mass is 286 g/mol. The maximum Gasteiger partial charge on any atom is 0.134 e. The maximum atomic E-state index is 6.08. The van der Waals surface area contributed by atoms with Crippen molar-refractivity contribution in [3.05, 3.63) is 35.6 Å². The summed E-state index contributed by atoms with van der Waals surface area (Å²) in [6.07, 6.45) is 5.07. The molecule has 114 valence electrons. The number of benzene rings is 1. The number of hydrogen-bond donors (Lipinski definition) is 2. The van der Waals surface area contributed by atoms with E-state index in [0.717, 1.165) is 11.3 Å². The van der Waals surface area contributed by atoms with Crippen molar-refractivity contribution in [1.29, 1.82) is 0 Å². The van der Waals surface area contributed by atoms with Gasteiger partial charge in [0.25, 0.3) is 0 Å². The molecule has 3 heteroatoms. The molecule has 0 aliphatic heterocycles. The van der Waals surface area contributed by atoms with Gasteiger partial charge in [-0.15, -0.1) is 0 Å². The summed E-state index contributed by atoms with van der Waals surface area (Å²) in [5.41, 5.74) is 5.52. The van der Waals surface area contributed by atoms with Gasteiger partial charge >= 0.3 is 0 Å². The zero-order valence-electron chi connectivity index (χ0n) is 13.3. The van der Waals surface area contributed by atoms with Gasteiger partial charge in [0.2, 0.25) is 0 Å². The summed E-state index contributed by atoms with van der Waals surface area (Å²) >= 11 is 0. The Morgan fingerprint density at radius 2 is 2.10 bits per heavy atom. The second-order valence-corrected chi connectivity index (χ2v) is 7.18. The Morgan fingerprint density at radius 1 is 1.29 bits per heavy atom. The molecule has 1 aliphatic rings. The van der Waals surface area contributed by atoms with Gasteiger partial charge in [-0.25, -0.2) is 5.43 Å². The lowest BCUT2D eigenvalue weighted by atomic mass is 9.65. The van der Waals surface area contributed by atoms with Crippen molar-refractivity contribution in [3.8, 4) is 0 Å². The molecule has 3 rings (SSSR count). The van der Waals surface area contributed by atoms with E-state index in [4.69, 9.17) is 10.3 Å². The highest BCUT2D eigenvalue weighted by Crippen LogP contribution is 2.47. The second kappa shape index (κ2) is 5.47. The van der Waals surface area contributed by atoms with Gasteiger partial charge in [-0.05, 0) is 49.3 Å². The van der Waals surface area contributed by atoms with Crippen molar-refractivity contribution in [2.75, 3.05) is 0 Å². The molecule has 0 bridgehead atoms. The zero-order chi connectivity index (χ0) is 15.0. The standard InChI is InChI=1S/C18H26N2O/c1-12-7-8-15-13(10-12)11-16(21-15)17(20-19)14-6-4-5-9-18(14,2)3/h7-8,10-11,14,17,20H,4-6,9,19H2,1-3H3. The molecule has 1 saturated carbocycles. The fourth-order valence-corrected chi connectivity index (χ4v) is 3.87. The average Bonchev–Trinajstić information content (AvgIpc) is 2.84. The number of hydrazine groups is 1. The molecule has 3 N–H and O–H groups in total.